The van der Waals surface area contributed by atoms with E-state index in [0.717, 1.165) is 17.4 Å². The molecule has 4 aromatic rings. The Morgan fingerprint density at radius 1 is 1.16 bits per heavy atom. The molecule has 0 spiro atoms. The first kappa shape index (κ1) is 21.4. The van der Waals surface area contributed by atoms with Gasteiger partial charge in [-0.15, -0.1) is 0 Å². The van der Waals surface area contributed by atoms with Crippen LogP contribution in [0.3, 0.4) is 0 Å². The van der Waals surface area contributed by atoms with Gasteiger partial charge in [0.15, 0.2) is 6.29 Å². The lowest BCUT2D eigenvalue weighted by atomic mass is 10.2. The minimum absolute atomic E-state index is 0.0362. The number of aromatic nitrogens is 4. The molecule has 0 bridgehead atoms. The molecule has 0 unspecified atom stereocenters. The van der Waals surface area contributed by atoms with Crippen LogP contribution in [0.4, 0.5) is 23.1 Å². The molecule has 4 rings (SSSR count). The van der Waals surface area contributed by atoms with Crippen LogP contribution in [0.1, 0.15) is 16.1 Å². The van der Waals surface area contributed by atoms with Crippen molar-refractivity contribution in [3.8, 4) is 0 Å². The van der Waals surface area contributed by atoms with E-state index in [9.17, 15) is 13.2 Å². The minimum atomic E-state index is -3.85. The van der Waals surface area contributed by atoms with Gasteiger partial charge in [0.25, 0.3) is 0 Å². The molecular weight excluding hydrogens is 430 g/mol. The molecule has 0 saturated carbocycles. The zero-order chi connectivity index (χ0) is 23.0. The van der Waals surface area contributed by atoms with E-state index in [1.807, 2.05) is 30.1 Å². The van der Waals surface area contributed by atoms with Crippen molar-refractivity contribution in [2.45, 2.75) is 11.8 Å². The normalized spacial score (nSPS) is 11.5. The van der Waals surface area contributed by atoms with E-state index in [1.165, 1.54) is 6.07 Å². The van der Waals surface area contributed by atoms with Crippen molar-refractivity contribution >= 4 is 50.4 Å². The molecule has 0 radical (unpaired) electrons. The lowest BCUT2D eigenvalue weighted by molar-refractivity contribution is 0.111. The molecule has 0 aliphatic carbocycles. The number of nitrogens with zero attached hydrogens (tertiary/aromatic N) is 5. The van der Waals surface area contributed by atoms with Crippen molar-refractivity contribution < 1.29 is 13.2 Å². The van der Waals surface area contributed by atoms with Crippen LogP contribution in [0.2, 0.25) is 0 Å². The summed E-state index contributed by atoms with van der Waals surface area (Å²) in [5, 5.41) is 13.5. The second-order valence-electron chi connectivity index (χ2n) is 7.28. The standard InChI is InChI=1S/C21H21N7O3S/c1-13-4-5-14(10-19(13)32(22,30)31)24-21-23-9-8-20(25-21)27(2)15-6-7-16-17(11-15)26-28(3)18(16)12-29/h4-12H,1-3H3,(H2,22,30,31)(H,23,24,25). The summed E-state index contributed by atoms with van der Waals surface area (Å²) >= 11 is 0. The Balaban J connectivity index is 1.63. The summed E-state index contributed by atoms with van der Waals surface area (Å²) < 4.78 is 25.1. The Morgan fingerprint density at radius 3 is 2.66 bits per heavy atom. The average Bonchev–Trinajstić information content (AvgIpc) is 3.08. The van der Waals surface area contributed by atoms with Gasteiger partial charge in [-0.3, -0.25) is 9.48 Å². The van der Waals surface area contributed by atoms with Crippen molar-refractivity contribution in [2.75, 3.05) is 17.3 Å². The zero-order valence-electron chi connectivity index (χ0n) is 17.6. The number of nitrogens with one attached hydrogen (secondary N) is 1. The van der Waals surface area contributed by atoms with E-state index in [4.69, 9.17) is 5.14 Å². The molecule has 2 heterocycles. The molecule has 0 saturated heterocycles. The molecule has 0 aliphatic heterocycles. The summed E-state index contributed by atoms with van der Waals surface area (Å²) in [6, 6.07) is 12.2. The highest BCUT2D eigenvalue weighted by molar-refractivity contribution is 7.89. The number of nitrogens with two attached hydrogens (primary N) is 1. The fourth-order valence-corrected chi connectivity index (χ4v) is 4.21. The summed E-state index contributed by atoms with van der Waals surface area (Å²) in [5.41, 5.74) is 3.08. The monoisotopic (exact) mass is 451 g/mol. The molecule has 3 N–H and O–H groups in total. The van der Waals surface area contributed by atoms with Gasteiger partial charge in [0.1, 0.15) is 11.5 Å². The first-order valence-corrected chi connectivity index (χ1v) is 11.1. The first-order valence-electron chi connectivity index (χ1n) is 9.56. The minimum Gasteiger partial charge on any atom is -0.329 e. The third kappa shape index (κ3) is 4.03. The number of hydrogen-bond donors (Lipinski definition) is 2. The van der Waals surface area contributed by atoms with Gasteiger partial charge in [-0.1, -0.05) is 6.07 Å². The second-order valence-corrected chi connectivity index (χ2v) is 8.81. The third-order valence-electron chi connectivity index (χ3n) is 5.10. The molecule has 10 nitrogen and oxygen atoms in total. The van der Waals surface area contributed by atoms with Gasteiger partial charge in [-0.05, 0) is 48.9 Å². The van der Waals surface area contributed by atoms with Gasteiger partial charge in [0, 0.05) is 37.1 Å². The summed E-state index contributed by atoms with van der Waals surface area (Å²) in [5.74, 6) is 0.896. The van der Waals surface area contributed by atoms with Crippen LogP contribution >= 0.6 is 0 Å². The molecule has 164 valence electrons. The number of benzene rings is 2. The Labute approximate surface area is 184 Å². The number of anilines is 4. The first-order chi connectivity index (χ1) is 15.2. The quantitative estimate of drug-likeness (QED) is 0.427. The Bertz CT molecular complexity index is 1450. The van der Waals surface area contributed by atoms with Gasteiger partial charge in [-0.25, -0.2) is 18.5 Å². The molecule has 32 heavy (non-hydrogen) atoms. The van der Waals surface area contributed by atoms with Crippen molar-refractivity contribution in [1.82, 2.24) is 19.7 Å². The fourth-order valence-electron chi connectivity index (χ4n) is 3.40. The average molecular weight is 452 g/mol. The molecule has 0 amide bonds. The van der Waals surface area contributed by atoms with Crippen LogP contribution in [0.25, 0.3) is 10.9 Å². The molecule has 2 aromatic heterocycles. The number of aldehydes is 1. The van der Waals surface area contributed by atoms with Crippen LogP contribution < -0.4 is 15.4 Å². The number of hydrogen-bond acceptors (Lipinski definition) is 8. The molecule has 0 atom stereocenters. The Kier molecular flexibility index (Phi) is 5.36. The van der Waals surface area contributed by atoms with E-state index in [0.29, 0.717) is 34.2 Å². The van der Waals surface area contributed by atoms with Gasteiger partial charge >= 0.3 is 0 Å². The molecule has 2 aromatic carbocycles. The third-order valence-corrected chi connectivity index (χ3v) is 6.15. The van der Waals surface area contributed by atoms with Crippen molar-refractivity contribution in [2.24, 2.45) is 12.2 Å². The molecule has 0 fully saturated rings. The van der Waals surface area contributed by atoms with Crippen LogP contribution in [0.5, 0.6) is 0 Å². The lowest BCUT2D eigenvalue weighted by Gasteiger charge is -2.19. The number of sulfonamides is 1. The van der Waals surface area contributed by atoms with Gasteiger partial charge in [0.2, 0.25) is 16.0 Å². The predicted molar refractivity (Wildman–Crippen MR) is 122 cm³/mol. The van der Waals surface area contributed by atoms with E-state index >= 15 is 0 Å². The zero-order valence-corrected chi connectivity index (χ0v) is 18.5. The molecule has 11 heteroatoms. The largest absolute Gasteiger partial charge is 0.329 e. The molecular formula is C21H21N7O3S. The number of aryl methyl sites for hydroxylation is 2. The smallest absolute Gasteiger partial charge is 0.238 e. The van der Waals surface area contributed by atoms with E-state index < -0.39 is 10.0 Å². The highest BCUT2D eigenvalue weighted by Gasteiger charge is 2.14. The summed E-state index contributed by atoms with van der Waals surface area (Å²) in [7, 11) is -0.273. The topological polar surface area (TPSA) is 136 Å². The van der Waals surface area contributed by atoms with Crippen LogP contribution in [-0.4, -0.2) is 41.5 Å². The summed E-state index contributed by atoms with van der Waals surface area (Å²) in [4.78, 5) is 21.9. The number of carbonyl (C=O) groups excluding carboxylic acids is 1. The number of fused-ring (bicyclic) bond motifs is 1. The SMILES string of the molecule is Cc1ccc(Nc2nccc(N(C)c3ccc4c(C=O)n(C)nc4c3)n2)cc1S(N)(=O)=O. The van der Waals surface area contributed by atoms with Gasteiger partial charge in [-0.2, -0.15) is 10.1 Å². The number of rotatable bonds is 6. The lowest BCUT2D eigenvalue weighted by Crippen LogP contribution is -2.14. The highest BCUT2D eigenvalue weighted by atomic mass is 32.2. The van der Waals surface area contributed by atoms with Crippen LogP contribution in [0, 0.1) is 6.92 Å². The van der Waals surface area contributed by atoms with Crippen molar-refractivity contribution in [3.05, 3.63) is 59.9 Å². The van der Waals surface area contributed by atoms with E-state index in [1.54, 1.807) is 43.0 Å². The maximum atomic E-state index is 11.8. The van der Waals surface area contributed by atoms with Gasteiger partial charge < -0.3 is 10.2 Å². The Morgan fingerprint density at radius 2 is 1.94 bits per heavy atom. The summed E-state index contributed by atoms with van der Waals surface area (Å²) in [6.07, 6.45) is 2.38. The van der Waals surface area contributed by atoms with Crippen LogP contribution in [-0.2, 0) is 17.1 Å². The van der Waals surface area contributed by atoms with Crippen molar-refractivity contribution in [3.63, 3.8) is 0 Å². The predicted octanol–water partition coefficient (Wildman–Crippen LogP) is 2.64. The fraction of sp³-hybridized carbons (Fsp3) is 0.143. The highest BCUT2D eigenvalue weighted by Crippen LogP contribution is 2.28. The number of carbonyl (C=O) groups is 1. The Hall–Kier alpha value is -3.83. The van der Waals surface area contributed by atoms with Crippen LogP contribution in [0.15, 0.2) is 53.6 Å². The summed E-state index contributed by atoms with van der Waals surface area (Å²) in [6.45, 7) is 1.67. The van der Waals surface area contributed by atoms with E-state index in [-0.39, 0.29) is 4.90 Å². The second kappa shape index (κ2) is 8.02. The van der Waals surface area contributed by atoms with Gasteiger partial charge in [0.05, 0.1) is 10.4 Å². The van der Waals surface area contributed by atoms with Crippen molar-refractivity contribution in [1.29, 1.82) is 0 Å². The number of primary sulfonamides is 1. The maximum Gasteiger partial charge on any atom is 0.238 e. The maximum absolute atomic E-state index is 11.8. The molecule has 0 aliphatic rings. The van der Waals surface area contributed by atoms with E-state index in [2.05, 4.69) is 20.4 Å².